The molecule has 0 spiro atoms. The summed E-state index contributed by atoms with van der Waals surface area (Å²) >= 11 is 3.37. The van der Waals surface area contributed by atoms with E-state index in [1.54, 1.807) is 0 Å². The van der Waals surface area contributed by atoms with Gasteiger partial charge in [0.25, 0.3) is 5.69 Å². The molecule has 0 amide bonds. The molecule has 2 N–H and O–H groups in total. The van der Waals surface area contributed by atoms with Crippen molar-refractivity contribution in [2.24, 2.45) is 0 Å². The maximum absolute atomic E-state index is 10.8. The highest BCUT2D eigenvalue weighted by molar-refractivity contribution is 9.10. The van der Waals surface area contributed by atoms with Crippen LogP contribution in [-0.4, -0.2) is 16.5 Å². The van der Waals surface area contributed by atoms with Crippen LogP contribution in [0, 0.1) is 10.1 Å². The zero-order valence-electron chi connectivity index (χ0n) is 11.1. The first-order valence-electron chi connectivity index (χ1n) is 6.47. The van der Waals surface area contributed by atoms with Crippen LogP contribution in [0.25, 0.3) is 0 Å². The van der Waals surface area contributed by atoms with Crippen molar-refractivity contribution >= 4 is 33.1 Å². The zero-order chi connectivity index (χ0) is 15.0. The molecular weight excluding hydrogens is 336 g/mol. The minimum Gasteiger partial charge on any atom is -0.398 e. The van der Waals surface area contributed by atoms with Crippen molar-refractivity contribution in [3.8, 4) is 0 Å². The Balaban J connectivity index is 1.93. The standard InChI is InChI=1S/C14H13BrN4O2/c15-12-6-10(19(20)21)7-17-14(12)18-5-4-9-2-1-3-13(16)11(9)8-18/h1-3,6-7H,4-5,8,16H2. The fraction of sp³-hybridized carbons (Fsp3) is 0.214. The largest absolute Gasteiger partial charge is 0.398 e. The van der Waals surface area contributed by atoms with Crippen molar-refractivity contribution < 1.29 is 4.92 Å². The van der Waals surface area contributed by atoms with Gasteiger partial charge in [-0.05, 0) is 39.5 Å². The lowest BCUT2D eigenvalue weighted by Gasteiger charge is -2.31. The highest BCUT2D eigenvalue weighted by Gasteiger charge is 2.22. The summed E-state index contributed by atoms with van der Waals surface area (Å²) in [5, 5.41) is 10.8. The summed E-state index contributed by atoms with van der Waals surface area (Å²) < 4.78 is 0.620. The Hall–Kier alpha value is -2.15. The minimum absolute atomic E-state index is 0.0254. The molecule has 0 fully saturated rings. The van der Waals surface area contributed by atoms with E-state index in [0.717, 1.165) is 24.2 Å². The van der Waals surface area contributed by atoms with Crippen molar-refractivity contribution in [1.29, 1.82) is 0 Å². The summed E-state index contributed by atoms with van der Waals surface area (Å²) in [6.45, 7) is 1.46. The molecular formula is C14H13BrN4O2. The number of hydrogen-bond acceptors (Lipinski definition) is 5. The predicted molar refractivity (Wildman–Crippen MR) is 84.2 cm³/mol. The van der Waals surface area contributed by atoms with Crippen LogP contribution in [0.5, 0.6) is 0 Å². The van der Waals surface area contributed by atoms with Crippen LogP contribution in [0.4, 0.5) is 17.2 Å². The number of nitro groups is 1. The maximum Gasteiger partial charge on any atom is 0.288 e. The molecule has 21 heavy (non-hydrogen) atoms. The summed E-state index contributed by atoms with van der Waals surface area (Å²) in [4.78, 5) is 16.6. The third-order valence-electron chi connectivity index (χ3n) is 3.63. The molecule has 0 aliphatic carbocycles. The average Bonchev–Trinajstić information content (AvgIpc) is 2.47. The van der Waals surface area contributed by atoms with Gasteiger partial charge in [-0.2, -0.15) is 0 Å². The van der Waals surface area contributed by atoms with Gasteiger partial charge in [0.2, 0.25) is 0 Å². The van der Waals surface area contributed by atoms with Gasteiger partial charge in [-0.15, -0.1) is 0 Å². The summed E-state index contributed by atoms with van der Waals surface area (Å²) in [5.74, 6) is 0.703. The highest BCUT2D eigenvalue weighted by Crippen LogP contribution is 2.32. The molecule has 1 aromatic heterocycles. The number of rotatable bonds is 2. The van der Waals surface area contributed by atoms with Gasteiger partial charge in [-0.1, -0.05) is 12.1 Å². The Morgan fingerprint density at radius 1 is 1.43 bits per heavy atom. The molecule has 0 unspecified atom stereocenters. The number of nitrogens with two attached hydrogens (primary N) is 1. The van der Waals surface area contributed by atoms with E-state index in [4.69, 9.17) is 5.73 Å². The second-order valence-corrected chi connectivity index (χ2v) is 5.77. The predicted octanol–water partition coefficient (Wildman–Crippen LogP) is 2.90. The smallest absolute Gasteiger partial charge is 0.288 e. The van der Waals surface area contributed by atoms with E-state index in [2.05, 4.69) is 31.9 Å². The maximum atomic E-state index is 10.8. The monoisotopic (exact) mass is 348 g/mol. The van der Waals surface area contributed by atoms with Gasteiger partial charge in [-0.25, -0.2) is 4.98 Å². The third kappa shape index (κ3) is 2.56. The first kappa shape index (κ1) is 13.8. The Kier molecular flexibility index (Phi) is 3.50. The van der Waals surface area contributed by atoms with Crippen LogP contribution in [-0.2, 0) is 13.0 Å². The lowest BCUT2D eigenvalue weighted by Crippen LogP contribution is -2.31. The molecule has 6 nitrogen and oxygen atoms in total. The number of hydrogen-bond donors (Lipinski definition) is 1. The molecule has 0 saturated carbocycles. The number of benzene rings is 1. The molecule has 0 atom stereocenters. The molecule has 1 aliphatic heterocycles. The van der Waals surface area contributed by atoms with Gasteiger partial charge in [0.05, 0.1) is 9.40 Å². The number of fused-ring (bicyclic) bond motifs is 1. The number of anilines is 2. The van der Waals surface area contributed by atoms with E-state index >= 15 is 0 Å². The summed E-state index contributed by atoms with van der Waals surface area (Å²) in [7, 11) is 0. The lowest BCUT2D eigenvalue weighted by molar-refractivity contribution is -0.385. The van der Waals surface area contributed by atoms with Crippen molar-refractivity contribution in [2.45, 2.75) is 13.0 Å². The second kappa shape index (κ2) is 5.33. The van der Waals surface area contributed by atoms with E-state index in [1.807, 2.05) is 12.1 Å². The molecule has 3 rings (SSSR count). The Morgan fingerprint density at radius 2 is 2.24 bits per heavy atom. The fourth-order valence-corrected chi connectivity index (χ4v) is 3.13. The molecule has 0 saturated heterocycles. The normalized spacial score (nSPS) is 13.9. The number of halogens is 1. The van der Waals surface area contributed by atoms with Crippen molar-refractivity contribution in [3.05, 3.63) is 56.2 Å². The zero-order valence-corrected chi connectivity index (χ0v) is 12.7. The summed E-state index contributed by atoms with van der Waals surface area (Å²) in [5.41, 5.74) is 9.14. The van der Waals surface area contributed by atoms with Crippen LogP contribution in [0.1, 0.15) is 11.1 Å². The Morgan fingerprint density at radius 3 is 2.95 bits per heavy atom. The van der Waals surface area contributed by atoms with Gasteiger partial charge < -0.3 is 10.6 Å². The molecule has 0 bridgehead atoms. The lowest BCUT2D eigenvalue weighted by atomic mass is 9.98. The average molecular weight is 349 g/mol. The Labute approximate surface area is 129 Å². The van der Waals surface area contributed by atoms with Crippen LogP contribution in [0.2, 0.25) is 0 Å². The molecule has 7 heteroatoms. The first-order valence-corrected chi connectivity index (χ1v) is 7.26. The number of aromatic nitrogens is 1. The van der Waals surface area contributed by atoms with Gasteiger partial charge >= 0.3 is 0 Å². The quantitative estimate of drug-likeness (QED) is 0.512. The topological polar surface area (TPSA) is 85.3 Å². The van der Waals surface area contributed by atoms with Gasteiger partial charge in [0.15, 0.2) is 0 Å². The van der Waals surface area contributed by atoms with E-state index < -0.39 is 4.92 Å². The van der Waals surface area contributed by atoms with Crippen molar-refractivity contribution in [3.63, 3.8) is 0 Å². The van der Waals surface area contributed by atoms with Gasteiger partial charge in [0.1, 0.15) is 12.0 Å². The summed E-state index contributed by atoms with van der Waals surface area (Å²) in [6.07, 6.45) is 2.16. The fourth-order valence-electron chi connectivity index (χ4n) is 2.54. The summed E-state index contributed by atoms with van der Waals surface area (Å²) in [6, 6.07) is 7.41. The molecule has 1 aliphatic rings. The van der Waals surface area contributed by atoms with E-state index in [0.29, 0.717) is 16.8 Å². The van der Waals surface area contributed by atoms with Crippen molar-refractivity contribution in [2.75, 3.05) is 17.2 Å². The van der Waals surface area contributed by atoms with Gasteiger partial charge in [0, 0.05) is 24.8 Å². The molecule has 1 aromatic carbocycles. The molecule has 2 aromatic rings. The number of pyridine rings is 1. The number of nitrogen functional groups attached to an aromatic ring is 1. The molecule has 0 radical (unpaired) electrons. The highest BCUT2D eigenvalue weighted by atomic mass is 79.9. The van der Waals surface area contributed by atoms with E-state index in [9.17, 15) is 10.1 Å². The van der Waals surface area contributed by atoms with Crippen LogP contribution in [0.15, 0.2) is 34.9 Å². The van der Waals surface area contributed by atoms with Gasteiger partial charge in [-0.3, -0.25) is 10.1 Å². The molecule has 108 valence electrons. The number of nitrogens with zero attached hydrogens (tertiary/aromatic N) is 3. The second-order valence-electron chi connectivity index (χ2n) is 4.91. The minimum atomic E-state index is -0.453. The SMILES string of the molecule is Nc1cccc2c1CN(c1ncc([N+](=O)[O-])cc1Br)CC2. The molecule has 2 heterocycles. The van der Waals surface area contributed by atoms with Crippen LogP contribution < -0.4 is 10.6 Å². The van der Waals surface area contributed by atoms with Crippen molar-refractivity contribution in [1.82, 2.24) is 4.98 Å². The van der Waals surface area contributed by atoms with Crippen LogP contribution >= 0.6 is 15.9 Å². The van der Waals surface area contributed by atoms with E-state index in [-0.39, 0.29) is 5.69 Å². The Bertz CT molecular complexity index is 720. The van der Waals surface area contributed by atoms with Crippen LogP contribution in [0.3, 0.4) is 0 Å². The first-order chi connectivity index (χ1) is 10.1. The van der Waals surface area contributed by atoms with E-state index in [1.165, 1.54) is 17.8 Å². The third-order valence-corrected chi connectivity index (χ3v) is 4.21.